The number of methoxy groups -OCH3 is 1. The van der Waals surface area contributed by atoms with Crippen molar-refractivity contribution in [1.29, 1.82) is 0 Å². The summed E-state index contributed by atoms with van der Waals surface area (Å²) in [6.45, 7) is 1.95. The van der Waals surface area contributed by atoms with Crippen molar-refractivity contribution in [2.45, 2.75) is 6.92 Å². The van der Waals surface area contributed by atoms with Gasteiger partial charge in [-0.15, -0.1) is 11.3 Å². The largest absolute Gasteiger partial charge is 0.497 e. The van der Waals surface area contributed by atoms with Crippen LogP contribution in [0.4, 0.5) is 5.13 Å². The predicted molar refractivity (Wildman–Crippen MR) is 88.2 cm³/mol. The molecule has 0 atom stereocenters. The molecule has 1 aromatic carbocycles. The number of rotatable bonds is 5. The van der Waals surface area contributed by atoms with E-state index in [0.717, 1.165) is 27.8 Å². The molecule has 2 aromatic heterocycles. The number of hydrogen-bond donors (Lipinski definition) is 1. The lowest BCUT2D eigenvalue weighted by Gasteiger charge is -2.08. The highest BCUT2D eigenvalue weighted by Crippen LogP contribution is 2.20. The second-order valence-electron chi connectivity index (χ2n) is 4.54. The van der Waals surface area contributed by atoms with Crippen LogP contribution in [0.1, 0.15) is 11.3 Å². The minimum Gasteiger partial charge on any atom is -0.497 e. The van der Waals surface area contributed by atoms with Gasteiger partial charge in [0.25, 0.3) is 0 Å². The van der Waals surface area contributed by atoms with Crippen LogP contribution in [0.2, 0.25) is 0 Å². The number of nitrogens with one attached hydrogen (secondary N) is 1. The summed E-state index contributed by atoms with van der Waals surface area (Å²) >= 11 is 1.52. The van der Waals surface area contributed by atoms with Crippen LogP contribution in [-0.4, -0.2) is 28.1 Å². The number of hydrogen-bond acceptors (Lipinski definition) is 6. The normalized spacial score (nSPS) is 11.0. The van der Waals surface area contributed by atoms with E-state index in [1.807, 2.05) is 42.8 Å². The number of hydrazone groups is 1. The smallest absolute Gasteiger partial charge is 0.203 e. The third kappa shape index (κ3) is 3.15. The average molecular weight is 313 g/mol. The Morgan fingerprint density at radius 3 is 3.00 bits per heavy atom. The Kier molecular flexibility index (Phi) is 4.15. The molecule has 0 saturated heterocycles. The Labute approximate surface area is 132 Å². The Hall–Kier alpha value is -2.67. The molecule has 2 heterocycles. The zero-order valence-corrected chi connectivity index (χ0v) is 13.0. The van der Waals surface area contributed by atoms with E-state index in [1.165, 1.54) is 11.3 Å². The van der Waals surface area contributed by atoms with Gasteiger partial charge in [-0.2, -0.15) is 10.2 Å². The quantitative estimate of drug-likeness (QED) is 0.581. The van der Waals surface area contributed by atoms with E-state index in [-0.39, 0.29) is 0 Å². The molecule has 1 N–H and O–H groups in total. The first kappa shape index (κ1) is 14.3. The van der Waals surface area contributed by atoms with Crippen molar-refractivity contribution in [2.75, 3.05) is 12.5 Å². The van der Waals surface area contributed by atoms with Gasteiger partial charge in [-0.3, -0.25) is 5.43 Å². The second-order valence-corrected chi connectivity index (χ2v) is 5.40. The van der Waals surface area contributed by atoms with E-state index < -0.39 is 0 Å². The van der Waals surface area contributed by atoms with Crippen molar-refractivity contribution in [3.8, 4) is 11.4 Å². The lowest BCUT2D eigenvalue weighted by atomic mass is 10.2. The number of anilines is 1. The fraction of sp³-hybridized carbons (Fsp3) is 0.133. The molecule has 3 rings (SSSR count). The zero-order chi connectivity index (χ0) is 15.4. The van der Waals surface area contributed by atoms with Gasteiger partial charge in [-0.25, -0.2) is 9.67 Å². The van der Waals surface area contributed by atoms with Crippen molar-refractivity contribution in [3.63, 3.8) is 0 Å². The Balaban J connectivity index is 1.87. The summed E-state index contributed by atoms with van der Waals surface area (Å²) in [5.41, 5.74) is 5.72. The first-order chi connectivity index (χ1) is 10.8. The Morgan fingerprint density at radius 2 is 2.32 bits per heavy atom. The molecular formula is C15H15N5OS. The second kappa shape index (κ2) is 6.40. The van der Waals surface area contributed by atoms with Crippen molar-refractivity contribution >= 4 is 22.7 Å². The molecule has 0 radical (unpaired) electrons. The molecule has 0 spiro atoms. The molecule has 3 aromatic rings. The topological polar surface area (TPSA) is 64.3 Å². The third-order valence-corrected chi connectivity index (χ3v) is 3.83. The maximum Gasteiger partial charge on any atom is 0.203 e. The summed E-state index contributed by atoms with van der Waals surface area (Å²) in [5, 5.41) is 11.2. The van der Waals surface area contributed by atoms with E-state index in [9.17, 15) is 0 Å². The molecule has 0 unspecified atom stereocenters. The minimum atomic E-state index is 0.761. The summed E-state index contributed by atoms with van der Waals surface area (Å²) in [6.07, 6.45) is 5.36. The average Bonchev–Trinajstić information content (AvgIpc) is 3.19. The summed E-state index contributed by atoms with van der Waals surface area (Å²) in [4.78, 5) is 4.30. The fourth-order valence-corrected chi connectivity index (χ4v) is 2.58. The summed E-state index contributed by atoms with van der Waals surface area (Å²) < 4.78 is 7.06. The van der Waals surface area contributed by atoms with E-state index in [4.69, 9.17) is 4.74 Å². The van der Waals surface area contributed by atoms with Crippen LogP contribution in [0.15, 0.2) is 47.1 Å². The number of thiazole rings is 1. The summed E-state index contributed by atoms with van der Waals surface area (Å²) in [5.74, 6) is 0.766. The predicted octanol–water partition coefficient (Wildman–Crippen LogP) is 3.09. The maximum absolute atomic E-state index is 5.27. The number of aromatic nitrogens is 3. The van der Waals surface area contributed by atoms with Crippen molar-refractivity contribution in [3.05, 3.63) is 53.3 Å². The highest BCUT2D eigenvalue weighted by atomic mass is 32.1. The molecule has 0 fully saturated rings. The first-order valence-electron chi connectivity index (χ1n) is 6.65. The van der Waals surface area contributed by atoms with Crippen molar-refractivity contribution in [2.24, 2.45) is 5.10 Å². The first-order valence-corrected chi connectivity index (χ1v) is 7.53. The lowest BCUT2D eigenvalue weighted by molar-refractivity contribution is 0.414. The van der Waals surface area contributed by atoms with E-state index in [1.54, 1.807) is 24.2 Å². The fourth-order valence-electron chi connectivity index (χ4n) is 1.95. The van der Waals surface area contributed by atoms with Gasteiger partial charge in [-0.05, 0) is 31.2 Å². The molecule has 6 nitrogen and oxygen atoms in total. The standard InChI is InChI=1S/C15H15N5OS/c1-11-10-22-15(18-11)19-16-9-12-8-13(21-2)4-5-14(12)20-7-3-6-17-20/h3-10H,1-2H3,(H,18,19). The third-order valence-electron chi connectivity index (χ3n) is 2.97. The minimum absolute atomic E-state index is 0.761. The van der Waals surface area contributed by atoms with E-state index in [2.05, 4.69) is 20.6 Å². The van der Waals surface area contributed by atoms with Crippen LogP contribution in [0.25, 0.3) is 5.69 Å². The number of ether oxygens (including phenoxy) is 1. The van der Waals surface area contributed by atoms with Gasteiger partial charge >= 0.3 is 0 Å². The molecule has 22 heavy (non-hydrogen) atoms. The Morgan fingerprint density at radius 1 is 1.41 bits per heavy atom. The van der Waals surface area contributed by atoms with Gasteiger partial charge in [0.2, 0.25) is 5.13 Å². The highest BCUT2D eigenvalue weighted by Gasteiger charge is 2.05. The van der Waals surface area contributed by atoms with Crippen LogP contribution in [-0.2, 0) is 0 Å². The van der Waals surface area contributed by atoms with Gasteiger partial charge in [0.1, 0.15) is 5.75 Å². The molecule has 0 aliphatic heterocycles. The SMILES string of the molecule is COc1ccc(-n2cccn2)c(C=NNc2nc(C)cs2)c1. The van der Waals surface area contributed by atoms with Crippen LogP contribution in [0.3, 0.4) is 0 Å². The molecular weight excluding hydrogens is 298 g/mol. The number of aryl methyl sites for hydroxylation is 1. The van der Waals surface area contributed by atoms with Crippen LogP contribution in [0, 0.1) is 6.92 Å². The van der Waals surface area contributed by atoms with E-state index >= 15 is 0 Å². The number of benzene rings is 1. The van der Waals surface area contributed by atoms with Gasteiger partial charge in [0.15, 0.2) is 0 Å². The molecule has 0 saturated carbocycles. The lowest BCUT2D eigenvalue weighted by Crippen LogP contribution is -2.01. The molecule has 0 aliphatic rings. The Bertz CT molecular complexity index is 779. The van der Waals surface area contributed by atoms with Gasteiger partial charge < -0.3 is 4.74 Å². The van der Waals surface area contributed by atoms with Gasteiger partial charge in [-0.1, -0.05) is 0 Å². The van der Waals surface area contributed by atoms with Gasteiger partial charge in [0, 0.05) is 23.3 Å². The van der Waals surface area contributed by atoms with Crippen LogP contribution >= 0.6 is 11.3 Å². The van der Waals surface area contributed by atoms with Gasteiger partial charge in [0.05, 0.1) is 24.7 Å². The van der Waals surface area contributed by atoms with Crippen LogP contribution in [0.5, 0.6) is 5.75 Å². The maximum atomic E-state index is 5.27. The summed E-state index contributed by atoms with van der Waals surface area (Å²) in [7, 11) is 1.64. The van der Waals surface area contributed by atoms with E-state index in [0.29, 0.717) is 0 Å². The zero-order valence-electron chi connectivity index (χ0n) is 12.2. The molecule has 0 aliphatic carbocycles. The molecule has 112 valence electrons. The summed E-state index contributed by atoms with van der Waals surface area (Å²) in [6, 6.07) is 7.63. The van der Waals surface area contributed by atoms with Crippen molar-refractivity contribution < 1.29 is 4.74 Å². The van der Waals surface area contributed by atoms with Crippen molar-refractivity contribution in [1.82, 2.24) is 14.8 Å². The monoisotopic (exact) mass is 313 g/mol. The molecule has 7 heteroatoms. The number of nitrogens with zero attached hydrogens (tertiary/aromatic N) is 4. The molecule has 0 bridgehead atoms. The highest BCUT2D eigenvalue weighted by molar-refractivity contribution is 7.13. The molecule has 0 amide bonds. The van der Waals surface area contributed by atoms with Crippen LogP contribution < -0.4 is 10.2 Å².